The van der Waals surface area contributed by atoms with E-state index in [-0.39, 0.29) is 5.56 Å². The Morgan fingerprint density at radius 1 is 1.41 bits per heavy atom. The van der Waals surface area contributed by atoms with E-state index in [0.717, 1.165) is 24.8 Å². The average molecular weight is 258 g/mol. The molecule has 0 aliphatic rings. The number of rotatable bonds is 5. The van der Waals surface area contributed by atoms with E-state index in [0.29, 0.717) is 5.56 Å². The third-order valence-corrected chi connectivity index (χ3v) is 3.16. The Balaban J connectivity index is 2.96. The Hall–Kier alpha value is -1.14. The first-order valence-corrected chi connectivity index (χ1v) is 7.42. The van der Waals surface area contributed by atoms with Gasteiger partial charge in [0.15, 0.2) is 0 Å². The molecule has 1 rings (SSSR count). The summed E-state index contributed by atoms with van der Waals surface area (Å²) in [5.41, 5.74) is 1.06. The molecule has 1 heterocycles. The zero-order chi connectivity index (χ0) is 13.1. The van der Waals surface area contributed by atoms with E-state index >= 15 is 0 Å². The predicted octanol–water partition coefficient (Wildman–Crippen LogP) is 0.938. The van der Waals surface area contributed by atoms with Crippen LogP contribution >= 0.6 is 0 Å². The summed E-state index contributed by atoms with van der Waals surface area (Å²) in [7, 11) is -3.31. The van der Waals surface area contributed by atoms with E-state index in [9.17, 15) is 13.2 Å². The predicted molar refractivity (Wildman–Crippen MR) is 67.5 cm³/mol. The fourth-order valence-corrected chi connectivity index (χ4v) is 2.44. The van der Waals surface area contributed by atoms with Crippen molar-refractivity contribution in [2.75, 3.05) is 6.26 Å². The van der Waals surface area contributed by atoms with Gasteiger partial charge in [-0.05, 0) is 19.4 Å². The second-order valence-electron chi connectivity index (χ2n) is 4.13. The summed E-state index contributed by atoms with van der Waals surface area (Å²) in [4.78, 5) is 14.5. The Bertz CT molecular complexity index is 534. The number of pyridine rings is 1. The van der Waals surface area contributed by atoms with Crippen molar-refractivity contribution in [2.24, 2.45) is 0 Å². The number of H-pyrrole nitrogens is 1. The second kappa shape index (κ2) is 5.46. The third kappa shape index (κ3) is 4.32. The SMILES string of the molecule is CCCc1ccc(C(C)NS(C)(=O)=O)c(=O)[nH]1. The van der Waals surface area contributed by atoms with Gasteiger partial charge in [0, 0.05) is 17.3 Å². The molecular formula is C11H18N2O3S. The van der Waals surface area contributed by atoms with Crippen LogP contribution in [0.3, 0.4) is 0 Å². The number of aryl methyl sites for hydroxylation is 1. The molecule has 5 nitrogen and oxygen atoms in total. The van der Waals surface area contributed by atoms with E-state index in [4.69, 9.17) is 0 Å². The van der Waals surface area contributed by atoms with Crippen molar-refractivity contribution in [2.45, 2.75) is 32.7 Å². The van der Waals surface area contributed by atoms with Crippen LogP contribution < -0.4 is 10.3 Å². The Kier molecular flexibility index (Phi) is 4.47. The average Bonchev–Trinajstić information content (AvgIpc) is 2.15. The minimum Gasteiger partial charge on any atom is -0.326 e. The van der Waals surface area contributed by atoms with Crippen molar-refractivity contribution >= 4 is 10.0 Å². The van der Waals surface area contributed by atoms with E-state index in [1.165, 1.54) is 0 Å². The van der Waals surface area contributed by atoms with Crippen molar-refractivity contribution in [3.05, 3.63) is 33.7 Å². The molecule has 0 amide bonds. The lowest BCUT2D eigenvalue weighted by molar-refractivity contribution is 0.572. The molecule has 0 saturated heterocycles. The van der Waals surface area contributed by atoms with Gasteiger partial charge >= 0.3 is 0 Å². The first-order valence-electron chi connectivity index (χ1n) is 5.53. The maximum atomic E-state index is 11.8. The summed E-state index contributed by atoms with van der Waals surface area (Å²) in [6.45, 7) is 3.67. The molecule has 1 aromatic heterocycles. The molecule has 1 atom stereocenters. The van der Waals surface area contributed by atoms with Gasteiger partial charge in [0.1, 0.15) is 0 Å². The van der Waals surface area contributed by atoms with Crippen LogP contribution in [0.1, 0.15) is 37.6 Å². The number of nitrogens with one attached hydrogen (secondary N) is 2. The van der Waals surface area contributed by atoms with E-state index < -0.39 is 16.1 Å². The van der Waals surface area contributed by atoms with E-state index in [1.54, 1.807) is 13.0 Å². The summed E-state index contributed by atoms with van der Waals surface area (Å²) in [5, 5.41) is 0. The van der Waals surface area contributed by atoms with Crippen LogP contribution in [-0.4, -0.2) is 19.7 Å². The Labute approximate surface area is 101 Å². The number of aromatic nitrogens is 1. The van der Waals surface area contributed by atoms with E-state index in [1.807, 2.05) is 13.0 Å². The summed E-state index contributed by atoms with van der Waals surface area (Å²) in [5.74, 6) is 0. The van der Waals surface area contributed by atoms with Gasteiger partial charge in [-0.2, -0.15) is 0 Å². The smallest absolute Gasteiger partial charge is 0.252 e. The Morgan fingerprint density at radius 3 is 2.53 bits per heavy atom. The highest BCUT2D eigenvalue weighted by Gasteiger charge is 2.14. The monoisotopic (exact) mass is 258 g/mol. The first kappa shape index (κ1) is 13.9. The number of hydrogen-bond donors (Lipinski definition) is 2. The van der Waals surface area contributed by atoms with Gasteiger partial charge in [0.05, 0.1) is 6.26 Å². The van der Waals surface area contributed by atoms with Crippen LogP contribution in [-0.2, 0) is 16.4 Å². The maximum absolute atomic E-state index is 11.8. The summed E-state index contributed by atoms with van der Waals surface area (Å²) in [6, 6.07) is 2.97. The molecule has 6 heteroatoms. The summed E-state index contributed by atoms with van der Waals surface area (Å²) in [6.07, 6.45) is 2.83. The third-order valence-electron chi connectivity index (χ3n) is 2.38. The van der Waals surface area contributed by atoms with Crippen molar-refractivity contribution in [1.82, 2.24) is 9.71 Å². The van der Waals surface area contributed by atoms with Gasteiger partial charge in [0.2, 0.25) is 10.0 Å². The second-order valence-corrected chi connectivity index (χ2v) is 5.91. The number of sulfonamides is 1. The fraction of sp³-hybridized carbons (Fsp3) is 0.545. The molecule has 0 saturated carbocycles. The molecule has 2 N–H and O–H groups in total. The van der Waals surface area contributed by atoms with Gasteiger partial charge in [-0.25, -0.2) is 13.1 Å². The number of hydrogen-bond acceptors (Lipinski definition) is 3. The molecule has 0 bridgehead atoms. The lowest BCUT2D eigenvalue weighted by Gasteiger charge is -2.12. The van der Waals surface area contributed by atoms with Crippen LogP contribution in [0, 0.1) is 0 Å². The molecule has 0 spiro atoms. The molecule has 0 aliphatic carbocycles. The van der Waals surface area contributed by atoms with Crippen LogP contribution in [0.15, 0.2) is 16.9 Å². The lowest BCUT2D eigenvalue weighted by Crippen LogP contribution is -2.29. The van der Waals surface area contributed by atoms with Crippen molar-refractivity contribution in [3.8, 4) is 0 Å². The van der Waals surface area contributed by atoms with Crippen LogP contribution in [0.2, 0.25) is 0 Å². The van der Waals surface area contributed by atoms with Crippen LogP contribution in [0.5, 0.6) is 0 Å². The molecule has 17 heavy (non-hydrogen) atoms. The number of aromatic amines is 1. The van der Waals surface area contributed by atoms with Crippen molar-refractivity contribution < 1.29 is 8.42 Å². The van der Waals surface area contributed by atoms with Crippen molar-refractivity contribution in [3.63, 3.8) is 0 Å². The van der Waals surface area contributed by atoms with Crippen molar-refractivity contribution in [1.29, 1.82) is 0 Å². The van der Waals surface area contributed by atoms with Gasteiger partial charge in [-0.3, -0.25) is 4.79 Å². The van der Waals surface area contributed by atoms with Gasteiger partial charge in [-0.1, -0.05) is 19.4 Å². The zero-order valence-corrected chi connectivity index (χ0v) is 11.1. The molecule has 0 fully saturated rings. The molecule has 96 valence electrons. The quantitative estimate of drug-likeness (QED) is 0.825. The highest BCUT2D eigenvalue weighted by Crippen LogP contribution is 2.08. The zero-order valence-electron chi connectivity index (χ0n) is 10.3. The summed E-state index contributed by atoms with van der Waals surface area (Å²) >= 11 is 0. The van der Waals surface area contributed by atoms with Gasteiger partial charge < -0.3 is 4.98 Å². The molecule has 1 unspecified atom stereocenters. The molecule has 1 aromatic rings. The van der Waals surface area contributed by atoms with Crippen LogP contribution in [0.4, 0.5) is 0 Å². The van der Waals surface area contributed by atoms with E-state index in [2.05, 4.69) is 9.71 Å². The largest absolute Gasteiger partial charge is 0.326 e. The van der Waals surface area contributed by atoms with Gasteiger partial charge in [-0.15, -0.1) is 0 Å². The maximum Gasteiger partial charge on any atom is 0.252 e. The highest BCUT2D eigenvalue weighted by molar-refractivity contribution is 7.88. The normalized spacial score (nSPS) is 13.6. The fourth-order valence-electron chi connectivity index (χ4n) is 1.67. The minimum absolute atomic E-state index is 0.236. The summed E-state index contributed by atoms with van der Waals surface area (Å²) < 4.78 is 24.5. The molecular weight excluding hydrogens is 240 g/mol. The first-order chi connectivity index (χ1) is 7.83. The minimum atomic E-state index is -3.31. The van der Waals surface area contributed by atoms with Crippen LogP contribution in [0.25, 0.3) is 0 Å². The molecule has 0 radical (unpaired) electrons. The Morgan fingerprint density at radius 2 is 2.06 bits per heavy atom. The van der Waals surface area contributed by atoms with Gasteiger partial charge in [0.25, 0.3) is 5.56 Å². The topological polar surface area (TPSA) is 79.0 Å². The highest BCUT2D eigenvalue weighted by atomic mass is 32.2. The molecule has 0 aromatic carbocycles. The lowest BCUT2D eigenvalue weighted by atomic mass is 10.1. The molecule has 0 aliphatic heterocycles. The standard InChI is InChI=1S/C11H18N2O3S/c1-4-5-9-6-7-10(11(14)12-9)8(2)13-17(3,15)16/h6-8,13H,4-5H2,1-3H3,(H,12,14).